The fourth-order valence-electron chi connectivity index (χ4n) is 3.88. The van der Waals surface area contributed by atoms with Gasteiger partial charge in [0.25, 0.3) is 5.91 Å². The third-order valence-corrected chi connectivity index (χ3v) is 6.73. The molecule has 0 bridgehead atoms. The molecule has 1 saturated carbocycles. The SMILES string of the molecule is COc1ccc(OC)c(/C=C2\SC(=Nc3cccnc3Cl)N(C3CCCCC3)C2=O)c1. The van der Waals surface area contributed by atoms with E-state index < -0.39 is 0 Å². The smallest absolute Gasteiger partial charge is 0.267 e. The van der Waals surface area contributed by atoms with Crippen LogP contribution in [0, 0.1) is 0 Å². The normalized spacial score (nSPS) is 20.0. The number of pyridine rings is 1. The minimum Gasteiger partial charge on any atom is -0.497 e. The van der Waals surface area contributed by atoms with E-state index in [4.69, 9.17) is 26.1 Å². The molecule has 1 aliphatic heterocycles. The first kappa shape index (κ1) is 21.7. The molecule has 162 valence electrons. The molecule has 1 amide bonds. The fourth-order valence-corrected chi connectivity index (χ4v) is 5.09. The van der Waals surface area contributed by atoms with Gasteiger partial charge in [0, 0.05) is 17.8 Å². The first-order chi connectivity index (χ1) is 15.1. The zero-order chi connectivity index (χ0) is 21.8. The lowest BCUT2D eigenvalue weighted by Gasteiger charge is -2.30. The number of hydrogen-bond donors (Lipinski definition) is 0. The summed E-state index contributed by atoms with van der Waals surface area (Å²) in [5, 5.41) is 0.957. The van der Waals surface area contributed by atoms with E-state index in [1.165, 1.54) is 18.2 Å². The minimum atomic E-state index is -0.0412. The van der Waals surface area contributed by atoms with E-state index in [9.17, 15) is 4.79 Å². The van der Waals surface area contributed by atoms with Crippen LogP contribution in [-0.2, 0) is 4.79 Å². The summed E-state index contributed by atoms with van der Waals surface area (Å²) in [6.45, 7) is 0. The number of amidine groups is 1. The molecular weight excluding hydrogens is 434 g/mol. The monoisotopic (exact) mass is 457 g/mol. The molecule has 1 saturated heterocycles. The number of carbonyl (C=O) groups excluding carboxylic acids is 1. The Labute approximate surface area is 191 Å². The Kier molecular flexibility index (Phi) is 6.83. The maximum Gasteiger partial charge on any atom is 0.267 e. The summed E-state index contributed by atoms with van der Waals surface area (Å²) in [7, 11) is 3.22. The van der Waals surface area contributed by atoms with Crippen LogP contribution in [0.4, 0.5) is 5.69 Å². The van der Waals surface area contributed by atoms with Crippen molar-refractivity contribution in [2.24, 2.45) is 4.99 Å². The van der Waals surface area contributed by atoms with E-state index in [0.717, 1.165) is 31.2 Å². The molecule has 8 heteroatoms. The highest BCUT2D eigenvalue weighted by atomic mass is 35.5. The first-order valence-electron chi connectivity index (χ1n) is 10.2. The molecule has 4 rings (SSSR count). The lowest BCUT2D eigenvalue weighted by atomic mass is 9.94. The number of methoxy groups -OCH3 is 2. The summed E-state index contributed by atoms with van der Waals surface area (Å²) in [6, 6.07) is 9.25. The van der Waals surface area contributed by atoms with E-state index in [0.29, 0.717) is 32.4 Å². The van der Waals surface area contributed by atoms with Crippen LogP contribution in [0.1, 0.15) is 37.7 Å². The number of nitrogens with zero attached hydrogens (tertiary/aromatic N) is 3. The van der Waals surface area contributed by atoms with E-state index in [1.54, 1.807) is 32.5 Å². The first-order valence-corrected chi connectivity index (χ1v) is 11.4. The second-order valence-corrected chi connectivity index (χ2v) is 8.76. The van der Waals surface area contributed by atoms with Crippen LogP contribution in [-0.4, -0.2) is 41.2 Å². The maximum absolute atomic E-state index is 13.5. The molecule has 6 nitrogen and oxygen atoms in total. The van der Waals surface area contributed by atoms with Gasteiger partial charge in [-0.2, -0.15) is 0 Å². The highest BCUT2D eigenvalue weighted by Crippen LogP contribution is 2.40. The lowest BCUT2D eigenvalue weighted by molar-refractivity contribution is -0.124. The number of aliphatic imine (C=N–C) groups is 1. The molecule has 1 aliphatic carbocycles. The van der Waals surface area contributed by atoms with E-state index in [2.05, 4.69) is 4.98 Å². The minimum absolute atomic E-state index is 0.0412. The number of halogens is 1. The van der Waals surface area contributed by atoms with Crippen LogP contribution >= 0.6 is 23.4 Å². The molecule has 1 aromatic carbocycles. The van der Waals surface area contributed by atoms with Crippen LogP contribution in [0.25, 0.3) is 6.08 Å². The summed E-state index contributed by atoms with van der Waals surface area (Å²) >= 11 is 7.59. The summed E-state index contributed by atoms with van der Waals surface area (Å²) in [5.74, 6) is 1.33. The molecule has 0 atom stereocenters. The predicted octanol–water partition coefficient (Wildman–Crippen LogP) is 5.69. The molecule has 2 fully saturated rings. The Hall–Kier alpha value is -2.51. The molecule has 1 aromatic heterocycles. The lowest BCUT2D eigenvalue weighted by Crippen LogP contribution is -2.40. The quantitative estimate of drug-likeness (QED) is 0.426. The van der Waals surface area contributed by atoms with Gasteiger partial charge in [0.1, 0.15) is 17.2 Å². The third kappa shape index (κ3) is 4.72. The van der Waals surface area contributed by atoms with Gasteiger partial charge in [0.15, 0.2) is 10.3 Å². The van der Waals surface area contributed by atoms with Crippen molar-refractivity contribution in [1.29, 1.82) is 0 Å². The molecule has 0 N–H and O–H groups in total. The molecule has 2 aliphatic rings. The van der Waals surface area contributed by atoms with Crippen molar-refractivity contribution >= 4 is 46.2 Å². The Morgan fingerprint density at radius 1 is 1.19 bits per heavy atom. The summed E-state index contributed by atoms with van der Waals surface area (Å²) in [4.78, 5) is 24.7. The van der Waals surface area contributed by atoms with E-state index in [-0.39, 0.29) is 11.9 Å². The summed E-state index contributed by atoms with van der Waals surface area (Å²) in [6.07, 6.45) is 8.85. The van der Waals surface area contributed by atoms with Crippen molar-refractivity contribution in [3.05, 3.63) is 52.2 Å². The van der Waals surface area contributed by atoms with Crippen LogP contribution < -0.4 is 9.47 Å². The second kappa shape index (κ2) is 9.75. The maximum atomic E-state index is 13.5. The number of carbonyl (C=O) groups is 1. The van der Waals surface area contributed by atoms with Gasteiger partial charge in [-0.3, -0.25) is 9.69 Å². The summed E-state index contributed by atoms with van der Waals surface area (Å²) < 4.78 is 10.8. The highest BCUT2D eigenvalue weighted by Gasteiger charge is 2.39. The molecule has 2 aromatic rings. The van der Waals surface area contributed by atoms with Crippen LogP contribution in [0.5, 0.6) is 11.5 Å². The standard InChI is InChI=1S/C23H24ClN3O3S/c1-29-17-10-11-19(30-2)15(13-17)14-20-22(28)27(16-7-4-3-5-8-16)23(31-20)26-18-9-6-12-25-21(18)24/h6,9-14,16H,3-5,7-8H2,1-2H3/b20-14-,26-23?. The number of aromatic nitrogens is 1. The van der Waals surface area contributed by atoms with E-state index in [1.807, 2.05) is 29.2 Å². The van der Waals surface area contributed by atoms with Gasteiger partial charge in [-0.25, -0.2) is 9.98 Å². The number of amides is 1. The highest BCUT2D eigenvalue weighted by molar-refractivity contribution is 8.18. The van der Waals surface area contributed by atoms with Gasteiger partial charge in [0.2, 0.25) is 0 Å². The molecule has 2 heterocycles. The van der Waals surface area contributed by atoms with E-state index >= 15 is 0 Å². The van der Waals surface area contributed by atoms with Gasteiger partial charge in [-0.15, -0.1) is 0 Å². The van der Waals surface area contributed by atoms with Crippen molar-refractivity contribution in [1.82, 2.24) is 9.88 Å². The van der Waals surface area contributed by atoms with Crippen molar-refractivity contribution in [3.8, 4) is 11.5 Å². The molecule has 0 unspecified atom stereocenters. The Morgan fingerprint density at radius 2 is 2.00 bits per heavy atom. The third-order valence-electron chi connectivity index (χ3n) is 5.46. The summed E-state index contributed by atoms with van der Waals surface area (Å²) in [5.41, 5.74) is 1.34. The van der Waals surface area contributed by atoms with Crippen LogP contribution in [0.3, 0.4) is 0 Å². The van der Waals surface area contributed by atoms with Crippen molar-refractivity contribution < 1.29 is 14.3 Å². The van der Waals surface area contributed by atoms with Gasteiger partial charge < -0.3 is 9.47 Å². The number of hydrogen-bond acceptors (Lipinski definition) is 6. The van der Waals surface area contributed by atoms with Gasteiger partial charge >= 0.3 is 0 Å². The second-order valence-electron chi connectivity index (χ2n) is 7.39. The zero-order valence-corrected chi connectivity index (χ0v) is 19.1. The Bertz CT molecular complexity index is 1030. The molecular formula is C23H24ClN3O3S. The molecule has 31 heavy (non-hydrogen) atoms. The van der Waals surface area contributed by atoms with Gasteiger partial charge in [-0.05, 0) is 61.0 Å². The number of benzene rings is 1. The average Bonchev–Trinajstić information content (AvgIpc) is 3.10. The van der Waals surface area contributed by atoms with Crippen LogP contribution in [0.2, 0.25) is 5.15 Å². The average molecular weight is 458 g/mol. The Morgan fingerprint density at radius 3 is 2.71 bits per heavy atom. The molecule has 0 radical (unpaired) electrons. The predicted molar refractivity (Wildman–Crippen MR) is 125 cm³/mol. The topological polar surface area (TPSA) is 64.0 Å². The van der Waals surface area contributed by atoms with Gasteiger partial charge in [0.05, 0.1) is 19.1 Å². The zero-order valence-electron chi connectivity index (χ0n) is 17.5. The molecule has 0 spiro atoms. The number of thioether (sulfide) groups is 1. The van der Waals surface area contributed by atoms with Crippen molar-refractivity contribution in [2.75, 3.05) is 14.2 Å². The fraction of sp³-hybridized carbons (Fsp3) is 0.348. The van der Waals surface area contributed by atoms with Crippen molar-refractivity contribution in [3.63, 3.8) is 0 Å². The number of ether oxygens (including phenoxy) is 2. The van der Waals surface area contributed by atoms with Crippen molar-refractivity contribution in [2.45, 2.75) is 38.1 Å². The Balaban J connectivity index is 1.75. The van der Waals surface area contributed by atoms with Crippen LogP contribution in [0.15, 0.2) is 46.4 Å². The number of rotatable bonds is 5. The largest absolute Gasteiger partial charge is 0.497 e. The van der Waals surface area contributed by atoms with Gasteiger partial charge in [-0.1, -0.05) is 30.9 Å².